The molecule has 2 rings (SSSR count). The molecule has 0 aromatic carbocycles. The Morgan fingerprint density at radius 1 is 1.38 bits per heavy atom. The standard InChI is InChI=1S/C18H27F3N4O4/c1-17(2,3)29-16(27)24-5-6-25(12(10-24)8-14(26)28-4)15-13(22)7-11(9-23-15)18(19,20)21/h7,9,12,14,26H,5-6,8,10,22H2,1-4H3. The molecule has 2 unspecified atom stereocenters. The molecule has 0 bridgehead atoms. The summed E-state index contributed by atoms with van der Waals surface area (Å²) in [4.78, 5) is 19.5. The molecule has 29 heavy (non-hydrogen) atoms. The van der Waals surface area contributed by atoms with Crippen molar-refractivity contribution in [2.24, 2.45) is 0 Å². The number of alkyl halides is 3. The Labute approximate surface area is 167 Å². The maximum absolute atomic E-state index is 12.9. The first kappa shape index (κ1) is 23.0. The molecule has 164 valence electrons. The number of rotatable bonds is 4. The number of carbonyl (C=O) groups is 1. The number of halogens is 3. The van der Waals surface area contributed by atoms with Crippen LogP contribution in [-0.4, -0.2) is 65.8 Å². The lowest BCUT2D eigenvalue weighted by Gasteiger charge is -2.43. The molecule has 11 heteroatoms. The maximum atomic E-state index is 12.9. The van der Waals surface area contributed by atoms with Crippen LogP contribution in [0, 0.1) is 0 Å². The van der Waals surface area contributed by atoms with Crippen molar-refractivity contribution < 1.29 is 32.5 Å². The summed E-state index contributed by atoms with van der Waals surface area (Å²) in [6.45, 7) is 5.93. The van der Waals surface area contributed by atoms with Crippen molar-refractivity contribution in [1.29, 1.82) is 0 Å². The van der Waals surface area contributed by atoms with E-state index in [9.17, 15) is 23.1 Å². The largest absolute Gasteiger partial charge is 0.444 e. The van der Waals surface area contributed by atoms with Crippen LogP contribution in [-0.2, 0) is 15.7 Å². The highest BCUT2D eigenvalue weighted by atomic mass is 19.4. The minimum atomic E-state index is -4.55. The van der Waals surface area contributed by atoms with Gasteiger partial charge in [-0.05, 0) is 26.8 Å². The second-order valence-corrected chi connectivity index (χ2v) is 7.83. The third kappa shape index (κ3) is 6.10. The van der Waals surface area contributed by atoms with E-state index >= 15 is 0 Å². The molecule has 1 aliphatic heterocycles. The zero-order valence-corrected chi connectivity index (χ0v) is 16.9. The number of aliphatic hydroxyl groups is 1. The smallest absolute Gasteiger partial charge is 0.417 e. The lowest BCUT2D eigenvalue weighted by Crippen LogP contribution is -2.57. The average Bonchev–Trinajstić information content (AvgIpc) is 2.59. The summed E-state index contributed by atoms with van der Waals surface area (Å²) in [5, 5.41) is 9.92. The van der Waals surface area contributed by atoms with Crippen LogP contribution in [0.5, 0.6) is 0 Å². The lowest BCUT2D eigenvalue weighted by atomic mass is 10.1. The first-order valence-corrected chi connectivity index (χ1v) is 9.10. The van der Waals surface area contributed by atoms with E-state index in [0.29, 0.717) is 0 Å². The van der Waals surface area contributed by atoms with Gasteiger partial charge in [0.25, 0.3) is 0 Å². The number of pyridine rings is 1. The van der Waals surface area contributed by atoms with E-state index in [0.717, 1.165) is 12.3 Å². The molecule has 0 aliphatic carbocycles. The van der Waals surface area contributed by atoms with Gasteiger partial charge in [-0.1, -0.05) is 0 Å². The Morgan fingerprint density at radius 2 is 2.03 bits per heavy atom. The fraction of sp³-hybridized carbons (Fsp3) is 0.667. The summed E-state index contributed by atoms with van der Waals surface area (Å²) in [7, 11) is 1.33. The molecule has 1 saturated heterocycles. The maximum Gasteiger partial charge on any atom is 0.417 e. The van der Waals surface area contributed by atoms with Crippen molar-refractivity contribution in [2.75, 3.05) is 37.4 Å². The fourth-order valence-electron chi connectivity index (χ4n) is 3.03. The van der Waals surface area contributed by atoms with Gasteiger partial charge in [-0.15, -0.1) is 0 Å². The number of aliphatic hydroxyl groups excluding tert-OH is 1. The van der Waals surface area contributed by atoms with Crippen LogP contribution < -0.4 is 10.6 Å². The highest BCUT2D eigenvalue weighted by Crippen LogP contribution is 2.34. The molecular weight excluding hydrogens is 393 g/mol. The number of carbonyl (C=O) groups excluding carboxylic acids is 1. The van der Waals surface area contributed by atoms with E-state index < -0.39 is 35.8 Å². The Bertz CT molecular complexity index is 724. The van der Waals surface area contributed by atoms with Crippen LogP contribution in [0.15, 0.2) is 12.3 Å². The van der Waals surface area contributed by atoms with Gasteiger partial charge >= 0.3 is 12.3 Å². The molecule has 1 aliphatic rings. The van der Waals surface area contributed by atoms with Gasteiger partial charge in [0.2, 0.25) is 0 Å². The van der Waals surface area contributed by atoms with Gasteiger partial charge < -0.3 is 30.1 Å². The van der Waals surface area contributed by atoms with Gasteiger partial charge in [-0.3, -0.25) is 0 Å². The number of amides is 1. The van der Waals surface area contributed by atoms with Gasteiger partial charge in [0.05, 0.1) is 17.3 Å². The monoisotopic (exact) mass is 420 g/mol. The minimum Gasteiger partial charge on any atom is -0.444 e. The number of hydrogen-bond donors (Lipinski definition) is 2. The number of methoxy groups -OCH3 is 1. The summed E-state index contributed by atoms with van der Waals surface area (Å²) in [5.74, 6) is 0.162. The first-order chi connectivity index (χ1) is 13.3. The number of nitrogens with two attached hydrogens (primary N) is 1. The van der Waals surface area contributed by atoms with E-state index in [2.05, 4.69) is 4.98 Å². The second kappa shape index (κ2) is 8.62. The third-order valence-corrected chi connectivity index (χ3v) is 4.37. The summed E-state index contributed by atoms with van der Waals surface area (Å²) in [5.41, 5.74) is 4.10. The van der Waals surface area contributed by atoms with Gasteiger partial charge in [-0.2, -0.15) is 13.2 Å². The summed E-state index contributed by atoms with van der Waals surface area (Å²) < 4.78 is 49.0. The molecular formula is C18H27F3N4O4. The number of piperazine rings is 1. The van der Waals surface area contributed by atoms with E-state index in [1.807, 2.05) is 0 Å². The number of hydrogen-bond acceptors (Lipinski definition) is 7. The Balaban J connectivity index is 2.26. The van der Waals surface area contributed by atoms with Gasteiger partial charge in [0, 0.05) is 39.4 Å². The summed E-state index contributed by atoms with van der Waals surface area (Å²) >= 11 is 0. The predicted octanol–water partition coefficient (Wildman–Crippen LogP) is 2.46. The lowest BCUT2D eigenvalue weighted by molar-refractivity contribution is -0.137. The topological polar surface area (TPSA) is 101 Å². The van der Waals surface area contributed by atoms with Crippen LogP contribution in [0.3, 0.4) is 0 Å². The van der Waals surface area contributed by atoms with Crippen LogP contribution in [0.25, 0.3) is 0 Å². The molecule has 3 N–H and O–H groups in total. The molecule has 1 aromatic rings. The summed E-state index contributed by atoms with van der Waals surface area (Å²) in [6.07, 6.45) is -5.38. The number of anilines is 2. The van der Waals surface area contributed by atoms with Crippen LogP contribution in [0.4, 0.5) is 29.5 Å². The Morgan fingerprint density at radius 3 is 2.55 bits per heavy atom. The van der Waals surface area contributed by atoms with Gasteiger partial charge in [0.1, 0.15) is 5.60 Å². The molecule has 0 radical (unpaired) electrons. The molecule has 0 saturated carbocycles. The van der Waals surface area contributed by atoms with Crippen molar-refractivity contribution in [3.63, 3.8) is 0 Å². The summed E-state index contributed by atoms with van der Waals surface area (Å²) in [6, 6.07) is 0.338. The zero-order valence-electron chi connectivity index (χ0n) is 16.9. The van der Waals surface area contributed by atoms with Crippen molar-refractivity contribution in [2.45, 2.75) is 51.3 Å². The highest BCUT2D eigenvalue weighted by Gasteiger charge is 2.36. The quantitative estimate of drug-likeness (QED) is 0.722. The van der Waals surface area contributed by atoms with E-state index in [4.69, 9.17) is 15.2 Å². The molecule has 1 amide bonds. The van der Waals surface area contributed by atoms with Crippen LogP contribution in [0.1, 0.15) is 32.8 Å². The van der Waals surface area contributed by atoms with Crippen molar-refractivity contribution in [3.05, 3.63) is 17.8 Å². The normalized spacial score (nSPS) is 19.2. The molecule has 0 spiro atoms. The van der Waals surface area contributed by atoms with E-state index in [1.54, 1.807) is 25.7 Å². The highest BCUT2D eigenvalue weighted by molar-refractivity contribution is 5.70. The van der Waals surface area contributed by atoms with Crippen molar-refractivity contribution >= 4 is 17.6 Å². The van der Waals surface area contributed by atoms with Crippen molar-refractivity contribution in [1.82, 2.24) is 9.88 Å². The number of nitrogen functional groups attached to an aromatic ring is 1. The first-order valence-electron chi connectivity index (χ1n) is 9.10. The van der Waals surface area contributed by atoms with Gasteiger partial charge in [0.15, 0.2) is 12.1 Å². The molecule has 2 atom stereocenters. The number of aromatic nitrogens is 1. The minimum absolute atomic E-state index is 0.0952. The van der Waals surface area contributed by atoms with Crippen LogP contribution in [0.2, 0.25) is 0 Å². The molecule has 2 heterocycles. The fourth-order valence-corrected chi connectivity index (χ4v) is 3.03. The Kier molecular flexibility index (Phi) is 6.84. The van der Waals surface area contributed by atoms with E-state index in [-0.39, 0.29) is 37.6 Å². The Hall–Kier alpha value is -2.27. The van der Waals surface area contributed by atoms with Crippen LogP contribution >= 0.6 is 0 Å². The number of ether oxygens (including phenoxy) is 2. The van der Waals surface area contributed by atoms with E-state index in [1.165, 1.54) is 12.0 Å². The molecule has 1 fully saturated rings. The van der Waals surface area contributed by atoms with Crippen molar-refractivity contribution in [3.8, 4) is 0 Å². The predicted molar refractivity (Wildman–Crippen MR) is 100 cm³/mol. The average molecular weight is 420 g/mol. The second-order valence-electron chi connectivity index (χ2n) is 7.83. The molecule has 8 nitrogen and oxygen atoms in total. The number of nitrogens with zero attached hydrogens (tertiary/aromatic N) is 3. The third-order valence-electron chi connectivity index (χ3n) is 4.37. The SMILES string of the molecule is COC(O)CC1CN(C(=O)OC(C)(C)C)CCN1c1ncc(C(F)(F)F)cc1N. The van der Waals surface area contributed by atoms with Gasteiger partial charge in [-0.25, -0.2) is 9.78 Å². The zero-order chi connectivity index (χ0) is 22.0. The molecule has 1 aromatic heterocycles.